The fourth-order valence-electron chi connectivity index (χ4n) is 2.72. The van der Waals surface area contributed by atoms with Crippen molar-refractivity contribution in [2.75, 3.05) is 42.9 Å². The Labute approximate surface area is 141 Å². The second-order valence-corrected chi connectivity index (χ2v) is 5.87. The van der Waals surface area contributed by atoms with Gasteiger partial charge in [0.1, 0.15) is 5.82 Å². The molecule has 0 unspecified atom stereocenters. The molecule has 0 aliphatic carbocycles. The summed E-state index contributed by atoms with van der Waals surface area (Å²) in [6, 6.07) is 5.42. The second kappa shape index (κ2) is 7.33. The van der Waals surface area contributed by atoms with Crippen LogP contribution in [-0.4, -0.2) is 53.5 Å². The zero-order valence-electron chi connectivity index (χ0n) is 14.2. The molecule has 24 heavy (non-hydrogen) atoms. The number of rotatable bonds is 5. The zero-order chi connectivity index (χ0) is 16.9. The highest BCUT2D eigenvalue weighted by Gasteiger charge is 2.24. The number of aromatic nitrogens is 2. The SMILES string of the molecule is CCCNc1nc(C)cc(N2CCN(C(=O)c3ccco3)CC2)n1. The maximum Gasteiger partial charge on any atom is 0.289 e. The summed E-state index contributed by atoms with van der Waals surface area (Å²) in [7, 11) is 0. The highest BCUT2D eigenvalue weighted by atomic mass is 16.3. The van der Waals surface area contributed by atoms with Crippen molar-refractivity contribution < 1.29 is 9.21 Å². The van der Waals surface area contributed by atoms with Gasteiger partial charge < -0.3 is 19.5 Å². The molecule has 1 aliphatic rings. The Morgan fingerprint density at radius 3 is 2.75 bits per heavy atom. The van der Waals surface area contributed by atoms with E-state index in [-0.39, 0.29) is 5.91 Å². The number of hydrogen-bond donors (Lipinski definition) is 1. The minimum atomic E-state index is -0.0520. The van der Waals surface area contributed by atoms with Crippen LogP contribution in [0, 0.1) is 6.92 Å². The number of aryl methyl sites for hydroxylation is 1. The van der Waals surface area contributed by atoms with E-state index in [0.717, 1.165) is 37.6 Å². The molecule has 7 heteroatoms. The van der Waals surface area contributed by atoms with Gasteiger partial charge in [0.2, 0.25) is 5.95 Å². The smallest absolute Gasteiger partial charge is 0.289 e. The third kappa shape index (κ3) is 3.67. The average molecular weight is 329 g/mol. The van der Waals surface area contributed by atoms with Gasteiger partial charge in [0.05, 0.1) is 6.26 Å². The van der Waals surface area contributed by atoms with Gasteiger partial charge in [0.25, 0.3) is 5.91 Å². The molecule has 0 atom stereocenters. The van der Waals surface area contributed by atoms with E-state index in [1.165, 1.54) is 6.26 Å². The zero-order valence-corrected chi connectivity index (χ0v) is 14.2. The molecule has 1 N–H and O–H groups in total. The van der Waals surface area contributed by atoms with Gasteiger partial charge in [-0.2, -0.15) is 4.98 Å². The summed E-state index contributed by atoms with van der Waals surface area (Å²) < 4.78 is 5.20. The van der Waals surface area contributed by atoms with Crippen LogP contribution in [0.3, 0.4) is 0 Å². The minimum Gasteiger partial charge on any atom is -0.459 e. The van der Waals surface area contributed by atoms with Crippen LogP contribution in [0.5, 0.6) is 0 Å². The van der Waals surface area contributed by atoms with E-state index >= 15 is 0 Å². The van der Waals surface area contributed by atoms with Gasteiger partial charge in [-0.15, -0.1) is 0 Å². The number of furan rings is 1. The molecule has 3 heterocycles. The van der Waals surface area contributed by atoms with Crippen LogP contribution in [0.15, 0.2) is 28.9 Å². The van der Waals surface area contributed by atoms with Crippen LogP contribution in [0.25, 0.3) is 0 Å². The Morgan fingerprint density at radius 2 is 2.08 bits per heavy atom. The summed E-state index contributed by atoms with van der Waals surface area (Å²) in [6.45, 7) is 7.74. The Balaban J connectivity index is 1.64. The summed E-state index contributed by atoms with van der Waals surface area (Å²) in [5.41, 5.74) is 0.938. The van der Waals surface area contributed by atoms with Crippen LogP contribution in [0.1, 0.15) is 29.6 Å². The van der Waals surface area contributed by atoms with E-state index in [1.54, 1.807) is 12.1 Å². The fraction of sp³-hybridized carbons (Fsp3) is 0.471. The summed E-state index contributed by atoms with van der Waals surface area (Å²) in [5.74, 6) is 1.92. The van der Waals surface area contributed by atoms with E-state index in [4.69, 9.17) is 4.42 Å². The standard InChI is InChI=1S/C17H23N5O2/c1-3-6-18-17-19-13(2)12-15(20-17)21-7-9-22(10-8-21)16(23)14-5-4-11-24-14/h4-5,11-12H,3,6-10H2,1-2H3,(H,18,19,20). The third-order valence-electron chi connectivity index (χ3n) is 4.00. The maximum atomic E-state index is 12.3. The lowest BCUT2D eigenvalue weighted by molar-refractivity contribution is 0.0714. The van der Waals surface area contributed by atoms with Gasteiger partial charge in [-0.25, -0.2) is 4.98 Å². The molecule has 0 bridgehead atoms. The van der Waals surface area contributed by atoms with Gasteiger partial charge >= 0.3 is 0 Å². The molecule has 128 valence electrons. The van der Waals surface area contributed by atoms with Crippen molar-refractivity contribution in [1.29, 1.82) is 0 Å². The molecule has 0 radical (unpaired) electrons. The highest BCUT2D eigenvalue weighted by Crippen LogP contribution is 2.18. The minimum absolute atomic E-state index is 0.0520. The monoisotopic (exact) mass is 329 g/mol. The number of piperazine rings is 1. The Hall–Kier alpha value is -2.57. The quantitative estimate of drug-likeness (QED) is 0.906. The highest BCUT2D eigenvalue weighted by molar-refractivity contribution is 5.91. The molecule has 2 aromatic rings. The van der Waals surface area contributed by atoms with E-state index in [0.29, 0.717) is 24.8 Å². The van der Waals surface area contributed by atoms with Crippen LogP contribution in [-0.2, 0) is 0 Å². The van der Waals surface area contributed by atoms with Gasteiger partial charge in [0.15, 0.2) is 5.76 Å². The van der Waals surface area contributed by atoms with E-state index < -0.39 is 0 Å². The molecule has 1 amide bonds. The van der Waals surface area contributed by atoms with Crippen molar-refractivity contribution in [2.24, 2.45) is 0 Å². The summed E-state index contributed by atoms with van der Waals surface area (Å²) >= 11 is 0. The molecule has 0 saturated carbocycles. The summed E-state index contributed by atoms with van der Waals surface area (Å²) in [6.07, 6.45) is 2.55. The van der Waals surface area contributed by atoms with Crippen molar-refractivity contribution in [1.82, 2.24) is 14.9 Å². The number of amides is 1. The number of carbonyl (C=O) groups is 1. The number of anilines is 2. The summed E-state index contributed by atoms with van der Waals surface area (Å²) in [4.78, 5) is 25.3. The van der Waals surface area contributed by atoms with Crippen molar-refractivity contribution in [3.8, 4) is 0 Å². The molecular weight excluding hydrogens is 306 g/mol. The Kier molecular flexibility index (Phi) is 4.98. The number of hydrogen-bond acceptors (Lipinski definition) is 6. The fourth-order valence-corrected chi connectivity index (χ4v) is 2.72. The summed E-state index contributed by atoms with van der Waals surface area (Å²) in [5, 5.41) is 3.23. The van der Waals surface area contributed by atoms with Crippen molar-refractivity contribution in [2.45, 2.75) is 20.3 Å². The topological polar surface area (TPSA) is 74.5 Å². The van der Waals surface area contributed by atoms with Crippen LogP contribution in [0.2, 0.25) is 0 Å². The van der Waals surface area contributed by atoms with E-state index in [1.807, 2.05) is 17.9 Å². The third-order valence-corrected chi connectivity index (χ3v) is 4.00. The van der Waals surface area contributed by atoms with Crippen molar-refractivity contribution in [3.05, 3.63) is 35.9 Å². The average Bonchev–Trinajstić information content (AvgIpc) is 3.13. The molecule has 1 saturated heterocycles. The van der Waals surface area contributed by atoms with Crippen LogP contribution >= 0.6 is 0 Å². The lowest BCUT2D eigenvalue weighted by atomic mass is 10.2. The molecule has 3 rings (SSSR count). The first kappa shape index (κ1) is 16.3. The number of carbonyl (C=O) groups excluding carboxylic acids is 1. The Morgan fingerprint density at radius 1 is 1.29 bits per heavy atom. The Bertz CT molecular complexity index is 678. The molecule has 7 nitrogen and oxygen atoms in total. The number of nitrogens with zero attached hydrogens (tertiary/aromatic N) is 4. The van der Waals surface area contributed by atoms with Gasteiger partial charge in [-0.05, 0) is 25.5 Å². The van der Waals surface area contributed by atoms with Gasteiger partial charge in [-0.1, -0.05) is 6.92 Å². The number of nitrogens with one attached hydrogen (secondary N) is 1. The van der Waals surface area contributed by atoms with E-state index in [2.05, 4.69) is 27.1 Å². The first-order valence-corrected chi connectivity index (χ1v) is 8.34. The van der Waals surface area contributed by atoms with Crippen molar-refractivity contribution >= 4 is 17.7 Å². The predicted molar refractivity (Wildman–Crippen MR) is 92.4 cm³/mol. The molecule has 0 aromatic carbocycles. The van der Waals surface area contributed by atoms with Crippen LogP contribution in [0.4, 0.5) is 11.8 Å². The molecular formula is C17H23N5O2. The van der Waals surface area contributed by atoms with Crippen molar-refractivity contribution in [3.63, 3.8) is 0 Å². The molecule has 0 spiro atoms. The molecule has 2 aromatic heterocycles. The molecule has 1 aliphatic heterocycles. The largest absolute Gasteiger partial charge is 0.459 e. The van der Waals surface area contributed by atoms with Gasteiger partial charge in [-0.3, -0.25) is 4.79 Å². The van der Waals surface area contributed by atoms with Gasteiger partial charge in [0, 0.05) is 44.5 Å². The molecule has 1 fully saturated rings. The first-order valence-electron chi connectivity index (χ1n) is 8.34. The van der Waals surface area contributed by atoms with E-state index in [9.17, 15) is 4.79 Å². The lowest BCUT2D eigenvalue weighted by Crippen LogP contribution is -2.49. The lowest BCUT2D eigenvalue weighted by Gasteiger charge is -2.35. The van der Waals surface area contributed by atoms with Crippen LogP contribution < -0.4 is 10.2 Å². The maximum absolute atomic E-state index is 12.3. The first-order chi connectivity index (χ1) is 11.7. The second-order valence-electron chi connectivity index (χ2n) is 5.87. The predicted octanol–water partition coefficient (Wildman–Crippen LogP) is 2.16. The normalized spacial score (nSPS) is 14.8.